The van der Waals surface area contributed by atoms with Crippen LogP contribution in [0.1, 0.15) is 12.0 Å². The van der Waals surface area contributed by atoms with Gasteiger partial charge >= 0.3 is 11.9 Å². The van der Waals surface area contributed by atoms with Crippen LogP contribution < -0.4 is 0 Å². The van der Waals surface area contributed by atoms with Crippen LogP contribution in [0.5, 0.6) is 0 Å². The number of carboxylic acid groups (broad SMARTS) is 1. The summed E-state index contributed by atoms with van der Waals surface area (Å²) in [7, 11) is 1.36. The molecule has 0 fully saturated rings. The minimum Gasteiger partial charge on any atom is -0.481 e. The van der Waals surface area contributed by atoms with E-state index in [1.165, 1.54) is 13.2 Å². The average molecular weight is 262 g/mol. The van der Waals surface area contributed by atoms with E-state index in [0.29, 0.717) is 12.0 Å². The highest BCUT2D eigenvalue weighted by atomic mass is 16.5. The van der Waals surface area contributed by atoms with Crippen LogP contribution in [-0.2, 0) is 20.7 Å². The van der Waals surface area contributed by atoms with Crippen LogP contribution in [0.3, 0.4) is 0 Å². The van der Waals surface area contributed by atoms with Crippen molar-refractivity contribution in [3.8, 4) is 0 Å². The van der Waals surface area contributed by atoms with Crippen molar-refractivity contribution >= 4 is 11.9 Å². The van der Waals surface area contributed by atoms with Gasteiger partial charge in [-0.3, -0.25) is 4.79 Å². The van der Waals surface area contributed by atoms with Gasteiger partial charge in [-0.25, -0.2) is 4.79 Å². The van der Waals surface area contributed by atoms with Gasteiger partial charge in [-0.2, -0.15) is 0 Å². The van der Waals surface area contributed by atoms with Crippen LogP contribution in [0.4, 0.5) is 0 Å². The average Bonchev–Trinajstić information content (AvgIpc) is 2.39. The summed E-state index contributed by atoms with van der Waals surface area (Å²) in [5, 5.41) is 7.84. The number of ether oxygens (including phenoxy) is 1. The molecule has 0 aliphatic rings. The minimum atomic E-state index is -0.829. The van der Waals surface area contributed by atoms with Gasteiger partial charge in [0, 0.05) is 12.0 Å². The summed E-state index contributed by atoms with van der Waals surface area (Å²) in [6.07, 6.45) is 1.95. The Morgan fingerprint density at radius 1 is 1.32 bits per heavy atom. The number of carbonyl (C=O) groups is 2. The highest BCUT2D eigenvalue weighted by molar-refractivity contribution is 5.88. The second kappa shape index (κ2) is 9.65. The monoisotopic (exact) mass is 262 g/mol. The van der Waals surface area contributed by atoms with Gasteiger partial charge < -0.3 is 9.84 Å². The van der Waals surface area contributed by atoms with Gasteiger partial charge in [0.25, 0.3) is 0 Å². The molecule has 0 aliphatic carbocycles. The molecule has 102 valence electrons. The number of aliphatic carboxylic acids is 1. The third kappa shape index (κ3) is 8.37. The van der Waals surface area contributed by atoms with Crippen molar-refractivity contribution in [2.45, 2.75) is 12.8 Å². The van der Waals surface area contributed by atoms with Crippen molar-refractivity contribution in [3.63, 3.8) is 0 Å². The van der Waals surface area contributed by atoms with Gasteiger partial charge in [0.05, 0.1) is 13.5 Å². The molecule has 1 aromatic carbocycles. The molecule has 0 saturated heterocycles. The van der Waals surface area contributed by atoms with E-state index in [1.807, 2.05) is 30.3 Å². The Morgan fingerprint density at radius 2 is 1.89 bits per heavy atom. The number of benzene rings is 1. The molecule has 0 heterocycles. The molecule has 0 unspecified atom stereocenters. The van der Waals surface area contributed by atoms with Crippen molar-refractivity contribution < 1.29 is 19.4 Å². The predicted octanol–water partition coefficient (Wildman–Crippen LogP) is 2.61. The molecule has 0 radical (unpaired) electrons. The lowest BCUT2D eigenvalue weighted by Crippen LogP contribution is -2.05. The SMILES string of the molecule is C=C(Cc1ccccc1)C(=O)OC.C=CCC(=O)O. The Hall–Kier alpha value is -2.36. The van der Waals surface area contributed by atoms with Crippen molar-refractivity contribution in [3.05, 3.63) is 60.7 Å². The van der Waals surface area contributed by atoms with E-state index in [0.717, 1.165) is 5.56 Å². The Labute approximate surface area is 113 Å². The highest BCUT2D eigenvalue weighted by Crippen LogP contribution is 2.06. The van der Waals surface area contributed by atoms with E-state index in [1.54, 1.807) is 0 Å². The second-order valence-corrected chi connectivity index (χ2v) is 3.64. The lowest BCUT2D eigenvalue weighted by atomic mass is 10.1. The van der Waals surface area contributed by atoms with Crippen LogP contribution in [0.25, 0.3) is 0 Å². The molecule has 0 atom stereocenters. The molecule has 0 aliphatic heterocycles. The molecule has 1 rings (SSSR count). The van der Waals surface area contributed by atoms with E-state index >= 15 is 0 Å². The Balaban J connectivity index is 0.000000459. The first-order valence-electron chi connectivity index (χ1n) is 5.64. The molecule has 0 aromatic heterocycles. The normalized spacial score (nSPS) is 8.68. The van der Waals surface area contributed by atoms with E-state index < -0.39 is 5.97 Å². The number of rotatable bonds is 5. The van der Waals surface area contributed by atoms with Crippen LogP contribution in [-0.4, -0.2) is 24.2 Å². The van der Waals surface area contributed by atoms with Crippen LogP contribution >= 0.6 is 0 Å². The van der Waals surface area contributed by atoms with Gasteiger partial charge in [-0.05, 0) is 5.56 Å². The third-order valence-electron chi connectivity index (χ3n) is 2.05. The maximum atomic E-state index is 11.0. The van der Waals surface area contributed by atoms with E-state index in [4.69, 9.17) is 5.11 Å². The standard InChI is InChI=1S/C11H12O2.C4H6O2/c1-9(11(12)13-2)8-10-6-4-3-5-7-10;1-2-3-4(5)6/h3-7H,1,8H2,2H3;2H,1,3H2,(H,5,6). The number of carboxylic acids is 1. The molecular formula is C15H18O4. The van der Waals surface area contributed by atoms with Crippen LogP contribution in [0, 0.1) is 0 Å². The highest BCUT2D eigenvalue weighted by Gasteiger charge is 2.06. The second-order valence-electron chi connectivity index (χ2n) is 3.64. The first kappa shape index (κ1) is 16.6. The van der Waals surface area contributed by atoms with Gasteiger partial charge in [0.15, 0.2) is 0 Å². The van der Waals surface area contributed by atoms with Crippen molar-refractivity contribution in [2.24, 2.45) is 0 Å². The largest absolute Gasteiger partial charge is 0.481 e. The van der Waals surface area contributed by atoms with Crippen molar-refractivity contribution in [1.29, 1.82) is 0 Å². The summed E-state index contributed by atoms with van der Waals surface area (Å²) in [5.41, 5.74) is 1.55. The fourth-order valence-corrected chi connectivity index (χ4v) is 1.18. The quantitative estimate of drug-likeness (QED) is 0.503. The van der Waals surface area contributed by atoms with E-state index in [9.17, 15) is 9.59 Å². The zero-order chi connectivity index (χ0) is 14.7. The van der Waals surface area contributed by atoms with Crippen LogP contribution in [0.15, 0.2) is 55.1 Å². The molecular weight excluding hydrogens is 244 g/mol. The Morgan fingerprint density at radius 3 is 2.26 bits per heavy atom. The number of hydrogen-bond donors (Lipinski definition) is 1. The smallest absolute Gasteiger partial charge is 0.333 e. The number of hydrogen-bond acceptors (Lipinski definition) is 3. The number of methoxy groups -OCH3 is 1. The Kier molecular flexibility index (Phi) is 8.45. The fourth-order valence-electron chi connectivity index (χ4n) is 1.18. The summed E-state index contributed by atoms with van der Waals surface area (Å²) >= 11 is 0. The summed E-state index contributed by atoms with van der Waals surface area (Å²) in [4.78, 5) is 20.5. The topological polar surface area (TPSA) is 63.6 Å². The minimum absolute atomic E-state index is 0.0556. The number of esters is 1. The predicted molar refractivity (Wildman–Crippen MR) is 73.8 cm³/mol. The van der Waals surface area contributed by atoms with Gasteiger partial charge in [-0.1, -0.05) is 43.0 Å². The van der Waals surface area contributed by atoms with E-state index in [2.05, 4.69) is 17.9 Å². The summed E-state index contributed by atoms with van der Waals surface area (Å²) in [6.45, 7) is 6.87. The fraction of sp³-hybridized carbons (Fsp3) is 0.200. The third-order valence-corrected chi connectivity index (χ3v) is 2.05. The molecule has 4 nitrogen and oxygen atoms in total. The van der Waals surface area contributed by atoms with E-state index in [-0.39, 0.29) is 12.4 Å². The zero-order valence-electron chi connectivity index (χ0n) is 11.0. The maximum absolute atomic E-state index is 11.0. The first-order chi connectivity index (χ1) is 9.01. The lowest BCUT2D eigenvalue weighted by Gasteiger charge is -2.02. The summed E-state index contributed by atoms with van der Waals surface area (Å²) in [6, 6.07) is 9.70. The van der Waals surface area contributed by atoms with Gasteiger partial charge in [-0.15, -0.1) is 6.58 Å². The van der Waals surface area contributed by atoms with Gasteiger partial charge in [0.2, 0.25) is 0 Å². The lowest BCUT2D eigenvalue weighted by molar-refractivity contribution is -0.137. The molecule has 0 bridgehead atoms. The van der Waals surface area contributed by atoms with Crippen molar-refractivity contribution in [1.82, 2.24) is 0 Å². The molecule has 1 N–H and O–H groups in total. The van der Waals surface area contributed by atoms with Crippen molar-refractivity contribution in [2.75, 3.05) is 7.11 Å². The molecule has 0 amide bonds. The molecule has 0 saturated carbocycles. The first-order valence-corrected chi connectivity index (χ1v) is 5.64. The number of carbonyl (C=O) groups excluding carboxylic acids is 1. The molecule has 1 aromatic rings. The summed E-state index contributed by atoms with van der Waals surface area (Å²) < 4.78 is 4.55. The maximum Gasteiger partial charge on any atom is 0.333 e. The van der Waals surface area contributed by atoms with Gasteiger partial charge in [0.1, 0.15) is 0 Å². The zero-order valence-corrected chi connectivity index (χ0v) is 11.0. The Bertz CT molecular complexity index is 435. The summed E-state index contributed by atoms with van der Waals surface area (Å²) in [5.74, 6) is -1.17. The molecule has 4 heteroatoms. The van der Waals surface area contributed by atoms with Crippen LogP contribution in [0.2, 0.25) is 0 Å². The molecule has 0 spiro atoms. The molecule has 19 heavy (non-hydrogen) atoms.